The normalized spacial score (nSPS) is 13.4. The average molecular weight is 306 g/mol. The van der Waals surface area contributed by atoms with Gasteiger partial charge in [-0.25, -0.2) is 0 Å². The molecule has 5 heteroatoms. The maximum absolute atomic E-state index is 9.87. The lowest BCUT2D eigenvalue weighted by Crippen LogP contribution is -2.44. The van der Waals surface area contributed by atoms with Gasteiger partial charge >= 0.3 is 0 Å². The van der Waals surface area contributed by atoms with Crippen LogP contribution in [0, 0.1) is 0 Å². The van der Waals surface area contributed by atoms with Crippen LogP contribution in [0.3, 0.4) is 0 Å². The molecule has 1 atom stereocenters. The molecule has 1 aromatic rings. The molecule has 0 aromatic heterocycles. The number of β-amino-alcohol motifs (C(OH)–C–C–N with tert-alkyl or cyclic N) is 1. The van der Waals surface area contributed by atoms with Crippen molar-refractivity contribution in [3.63, 3.8) is 0 Å². The first-order valence-electron chi connectivity index (χ1n) is 6.35. The third kappa shape index (κ3) is 6.00. The maximum Gasteiger partial charge on any atom is 0.139 e. The SMILES string of the molecule is CCC(C)(C)NC[C@@H](O)COc1cc(Cl)ccc1Cl. The average Bonchev–Trinajstić information content (AvgIpc) is 2.37. The van der Waals surface area contributed by atoms with E-state index in [2.05, 4.69) is 26.1 Å². The van der Waals surface area contributed by atoms with Crippen molar-refractivity contribution >= 4 is 23.2 Å². The van der Waals surface area contributed by atoms with Gasteiger partial charge in [0.05, 0.1) is 5.02 Å². The van der Waals surface area contributed by atoms with Gasteiger partial charge in [-0.05, 0) is 32.4 Å². The number of benzene rings is 1. The van der Waals surface area contributed by atoms with Crippen LogP contribution < -0.4 is 10.1 Å². The minimum Gasteiger partial charge on any atom is -0.489 e. The fourth-order valence-corrected chi connectivity index (χ4v) is 1.69. The Hall–Kier alpha value is -0.480. The number of hydrogen-bond donors (Lipinski definition) is 2. The van der Waals surface area contributed by atoms with Crippen molar-refractivity contribution in [1.82, 2.24) is 5.32 Å². The highest BCUT2D eigenvalue weighted by Crippen LogP contribution is 2.27. The molecule has 1 aromatic carbocycles. The van der Waals surface area contributed by atoms with E-state index in [1.807, 2.05) is 0 Å². The Bertz CT molecular complexity index is 410. The summed E-state index contributed by atoms with van der Waals surface area (Å²) in [4.78, 5) is 0. The zero-order valence-electron chi connectivity index (χ0n) is 11.5. The highest BCUT2D eigenvalue weighted by molar-refractivity contribution is 6.34. The van der Waals surface area contributed by atoms with Crippen LogP contribution in [0.15, 0.2) is 18.2 Å². The highest BCUT2D eigenvalue weighted by Gasteiger charge is 2.16. The van der Waals surface area contributed by atoms with E-state index in [4.69, 9.17) is 27.9 Å². The number of hydrogen-bond acceptors (Lipinski definition) is 3. The summed E-state index contributed by atoms with van der Waals surface area (Å²) in [6.07, 6.45) is 0.390. The van der Waals surface area contributed by atoms with Crippen LogP contribution >= 0.6 is 23.2 Å². The molecule has 0 aliphatic carbocycles. The van der Waals surface area contributed by atoms with Gasteiger partial charge in [0.25, 0.3) is 0 Å². The summed E-state index contributed by atoms with van der Waals surface area (Å²) in [7, 11) is 0. The van der Waals surface area contributed by atoms with Crippen LogP contribution in [0.2, 0.25) is 10.0 Å². The highest BCUT2D eigenvalue weighted by atomic mass is 35.5. The standard InChI is InChI=1S/C14H21Cl2NO2/c1-4-14(2,3)17-8-11(18)9-19-13-7-10(15)5-6-12(13)16/h5-7,11,17-18H,4,8-9H2,1-3H3/t11-/m1/s1. The minimum absolute atomic E-state index is 0.00861. The zero-order valence-corrected chi connectivity index (χ0v) is 13.1. The molecule has 2 N–H and O–H groups in total. The first kappa shape index (κ1) is 16.6. The van der Waals surface area contributed by atoms with E-state index in [-0.39, 0.29) is 12.1 Å². The maximum atomic E-state index is 9.87. The van der Waals surface area contributed by atoms with Gasteiger partial charge in [0, 0.05) is 23.2 Å². The topological polar surface area (TPSA) is 41.5 Å². The summed E-state index contributed by atoms with van der Waals surface area (Å²) in [5.41, 5.74) is 0.00861. The summed E-state index contributed by atoms with van der Waals surface area (Å²) < 4.78 is 5.47. The molecule has 19 heavy (non-hydrogen) atoms. The summed E-state index contributed by atoms with van der Waals surface area (Å²) in [5.74, 6) is 0.489. The molecule has 0 saturated heterocycles. The minimum atomic E-state index is -0.596. The summed E-state index contributed by atoms with van der Waals surface area (Å²) in [6.45, 7) is 6.93. The molecule has 3 nitrogen and oxygen atoms in total. The van der Waals surface area contributed by atoms with Crippen molar-refractivity contribution in [1.29, 1.82) is 0 Å². The summed E-state index contributed by atoms with van der Waals surface area (Å²) in [6, 6.07) is 5.00. The molecule has 0 aliphatic rings. The van der Waals surface area contributed by atoms with Crippen molar-refractivity contribution in [2.45, 2.75) is 38.8 Å². The van der Waals surface area contributed by atoms with Crippen LogP contribution in [0.4, 0.5) is 0 Å². The number of nitrogens with one attached hydrogen (secondary N) is 1. The van der Waals surface area contributed by atoms with E-state index in [0.717, 1.165) is 6.42 Å². The first-order chi connectivity index (χ1) is 8.84. The van der Waals surface area contributed by atoms with Gasteiger partial charge in [-0.1, -0.05) is 30.1 Å². The molecule has 0 radical (unpaired) electrons. The fourth-order valence-electron chi connectivity index (χ4n) is 1.35. The van der Waals surface area contributed by atoms with Crippen molar-refractivity contribution < 1.29 is 9.84 Å². The molecule has 0 amide bonds. The first-order valence-corrected chi connectivity index (χ1v) is 7.10. The third-order valence-electron chi connectivity index (χ3n) is 3.02. The largest absolute Gasteiger partial charge is 0.489 e. The number of aliphatic hydroxyl groups is 1. The Morgan fingerprint density at radius 3 is 2.68 bits per heavy atom. The molecule has 0 spiro atoms. The lowest BCUT2D eigenvalue weighted by Gasteiger charge is -2.26. The molecule has 1 rings (SSSR count). The monoisotopic (exact) mass is 305 g/mol. The number of ether oxygens (including phenoxy) is 1. The molecule has 108 valence electrons. The molecule has 0 fully saturated rings. The lowest BCUT2D eigenvalue weighted by atomic mass is 10.0. The van der Waals surface area contributed by atoms with Gasteiger partial charge in [0.15, 0.2) is 0 Å². The Morgan fingerprint density at radius 2 is 2.05 bits per heavy atom. The fraction of sp³-hybridized carbons (Fsp3) is 0.571. The van der Waals surface area contributed by atoms with Gasteiger partial charge in [-0.15, -0.1) is 0 Å². The lowest BCUT2D eigenvalue weighted by molar-refractivity contribution is 0.0986. The van der Waals surface area contributed by atoms with Crippen molar-refractivity contribution in [3.8, 4) is 5.75 Å². The molecular formula is C14H21Cl2NO2. The molecule has 0 aliphatic heterocycles. The Morgan fingerprint density at radius 1 is 1.37 bits per heavy atom. The second-order valence-electron chi connectivity index (χ2n) is 5.16. The van der Waals surface area contributed by atoms with E-state index in [1.54, 1.807) is 18.2 Å². The Labute approximate surface area is 124 Å². The van der Waals surface area contributed by atoms with E-state index >= 15 is 0 Å². The van der Waals surface area contributed by atoms with Crippen molar-refractivity contribution in [3.05, 3.63) is 28.2 Å². The van der Waals surface area contributed by atoms with E-state index in [9.17, 15) is 5.11 Å². The molecule has 0 saturated carbocycles. The molecular weight excluding hydrogens is 285 g/mol. The quantitative estimate of drug-likeness (QED) is 0.810. The van der Waals surface area contributed by atoms with Crippen LogP contribution in [0.1, 0.15) is 27.2 Å². The van der Waals surface area contributed by atoms with E-state index in [1.165, 1.54) is 0 Å². The molecule has 0 bridgehead atoms. The van der Waals surface area contributed by atoms with Gasteiger partial charge in [-0.2, -0.15) is 0 Å². The number of halogens is 2. The van der Waals surface area contributed by atoms with E-state index in [0.29, 0.717) is 22.3 Å². The molecule has 0 heterocycles. The van der Waals surface area contributed by atoms with Crippen LogP contribution in [-0.4, -0.2) is 29.9 Å². The summed E-state index contributed by atoms with van der Waals surface area (Å²) in [5, 5.41) is 14.2. The number of rotatable bonds is 7. The summed E-state index contributed by atoms with van der Waals surface area (Å²) >= 11 is 11.8. The van der Waals surface area contributed by atoms with E-state index < -0.39 is 6.10 Å². The van der Waals surface area contributed by atoms with Gasteiger partial charge in [-0.3, -0.25) is 0 Å². The van der Waals surface area contributed by atoms with Gasteiger partial charge in [0.2, 0.25) is 0 Å². The predicted octanol–water partition coefficient (Wildman–Crippen LogP) is 3.51. The second-order valence-corrected chi connectivity index (χ2v) is 6.00. The molecule has 0 unspecified atom stereocenters. The van der Waals surface area contributed by atoms with Gasteiger partial charge < -0.3 is 15.2 Å². The zero-order chi connectivity index (χ0) is 14.5. The van der Waals surface area contributed by atoms with Crippen LogP contribution in [-0.2, 0) is 0 Å². The predicted molar refractivity (Wildman–Crippen MR) is 80.3 cm³/mol. The third-order valence-corrected chi connectivity index (χ3v) is 3.57. The Balaban J connectivity index is 2.42. The van der Waals surface area contributed by atoms with Crippen LogP contribution in [0.5, 0.6) is 5.75 Å². The second kappa shape index (κ2) is 7.34. The van der Waals surface area contributed by atoms with Crippen molar-refractivity contribution in [2.24, 2.45) is 0 Å². The van der Waals surface area contributed by atoms with Crippen LogP contribution in [0.25, 0.3) is 0 Å². The van der Waals surface area contributed by atoms with Crippen molar-refractivity contribution in [2.75, 3.05) is 13.2 Å². The smallest absolute Gasteiger partial charge is 0.139 e. The number of aliphatic hydroxyl groups excluding tert-OH is 1. The van der Waals surface area contributed by atoms with Gasteiger partial charge in [0.1, 0.15) is 18.5 Å². The Kier molecular flexibility index (Phi) is 6.40.